The van der Waals surface area contributed by atoms with Crippen LogP contribution in [0.2, 0.25) is 5.02 Å². The molecule has 1 fully saturated rings. The number of rotatable bonds is 9. The lowest BCUT2D eigenvalue weighted by molar-refractivity contribution is 0.0288. The first kappa shape index (κ1) is 30.7. The second-order valence-corrected chi connectivity index (χ2v) is 13.9. The van der Waals surface area contributed by atoms with Gasteiger partial charge in [-0.3, -0.25) is 0 Å². The van der Waals surface area contributed by atoms with Crippen molar-refractivity contribution in [1.82, 2.24) is 9.88 Å². The van der Waals surface area contributed by atoms with Crippen molar-refractivity contribution in [1.29, 1.82) is 0 Å². The third kappa shape index (κ3) is 7.17. The van der Waals surface area contributed by atoms with Crippen molar-refractivity contribution in [3.8, 4) is 11.5 Å². The highest BCUT2D eigenvalue weighted by molar-refractivity contribution is 7.93. The van der Waals surface area contributed by atoms with Crippen molar-refractivity contribution in [2.24, 2.45) is 5.92 Å². The fraction of sp³-hybridized carbons (Fsp3) is 0.429. The molecular formula is C28H35ClN4O6S2. The number of nitrogens with zero attached hydrogens (tertiary/aromatic N) is 3. The van der Waals surface area contributed by atoms with Gasteiger partial charge in [-0.2, -0.15) is 0 Å². The fourth-order valence-electron chi connectivity index (χ4n) is 4.46. The summed E-state index contributed by atoms with van der Waals surface area (Å²) in [5.41, 5.74) is 0.633. The minimum absolute atomic E-state index is 0.0132. The Balaban J connectivity index is 1.56. The van der Waals surface area contributed by atoms with Crippen molar-refractivity contribution in [2.75, 3.05) is 36.9 Å². The summed E-state index contributed by atoms with van der Waals surface area (Å²) in [6.07, 6.45) is 1.19. The predicted octanol–water partition coefficient (Wildman–Crippen LogP) is 5.88. The number of carbonyl (C=O) groups excluding carboxylic acids is 1. The molecule has 0 bridgehead atoms. The molecular weight excluding hydrogens is 588 g/mol. The number of benzene rings is 2. The Kier molecular flexibility index (Phi) is 9.25. The van der Waals surface area contributed by atoms with Gasteiger partial charge in [0.1, 0.15) is 17.1 Å². The van der Waals surface area contributed by atoms with Crippen LogP contribution in [0.1, 0.15) is 33.3 Å². The van der Waals surface area contributed by atoms with Gasteiger partial charge in [0, 0.05) is 42.3 Å². The maximum atomic E-state index is 13.9. The number of sulfonamides is 1. The molecule has 0 radical (unpaired) electrons. The minimum atomic E-state index is -4.06. The quantitative estimate of drug-likeness (QED) is 0.315. The Morgan fingerprint density at radius 1 is 1.17 bits per heavy atom. The van der Waals surface area contributed by atoms with Crippen LogP contribution in [0, 0.1) is 5.92 Å². The van der Waals surface area contributed by atoms with Crippen LogP contribution in [0.3, 0.4) is 0 Å². The third-order valence-electron chi connectivity index (χ3n) is 6.57. The van der Waals surface area contributed by atoms with Crippen LogP contribution >= 0.6 is 22.9 Å². The molecule has 4 rings (SSSR count). The zero-order chi connectivity index (χ0) is 29.9. The van der Waals surface area contributed by atoms with E-state index in [0.717, 1.165) is 0 Å². The zero-order valence-electron chi connectivity index (χ0n) is 23.9. The number of nitrogens with one attached hydrogen (secondary N) is 1. The lowest BCUT2D eigenvalue weighted by Gasteiger charge is -2.25. The molecule has 2 atom stereocenters. The van der Waals surface area contributed by atoms with Gasteiger partial charge in [0.05, 0.1) is 36.4 Å². The molecule has 1 aliphatic heterocycles. The van der Waals surface area contributed by atoms with Gasteiger partial charge < -0.3 is 24.4 Å². The summed E-state index contributed by atoms with van der Waals surface area (Å²) >= 11 is 7.83. The number of anilines is 2. The van der Waals surface area contributed by atoms with Crippen molar-refractivity contribution in [3.63, 3.8) is 0 Å². The summed E-state index contributed by atoms with van der Waals surface area (Å²) < 4.78 is 45.4. The van der Waals surface area contributed by atoms with Gasteiger partial charge in [-0.25, -0.2) is 22.5 Å². The van der Waals surface area contributed by atoms with E-state index < -0.39 is 15.6 Å². The van der Waals surface area contributed by atoms with E-state index in [1.165, 1.54) is 34.9 Å². The highest BCUT2D eigenvalue weighted by Gasteiger charge is 2.35. The van der Waals surface area contributed by atoms with Gasteiger partial charge in [-0.1, -0.05) is 18.5 Å². The molecule has 2 aromatic carbocycles. The van der Waals surface area contributed by atoms with E-state index in [4.69, 9.17) is 25.8 Å². The molecule has 1 aliphatic rings. The van der Waals surface area contributed by atoms with Gasteiger partial charge in [-0.15, -0.1) is 11.3 Å². The monoisotopic (exact) mass is 622 g/mol. The van der Waals surface area contributed by atoms with Crippen molar-refractivity contribution in [2.45, 2.75) is 50.8 Å². The number of methoxy groups -OCH3 is 2. The van der Waals surface area contributed by atoms with Crippen LogP contribution in [0.15, 0.2) is 52.9 Å². The molecule has 0 saturated carbocycles. The summed E-state index contributed by atoms with van der Waals surface area (Å²) in [4.78, 5) is 18.5. The standard InChI is InChI=1S/C28H35ClN4O6S2/c1-18-15-32(27(34)39-28(2,3)4)17-24(18)31-23-10-9-21(14-22(23)29)41(35,36)33(26-30-11-12-40-26)16-19-7-8-20(37-5)13-25(19)38-6/h7-14,18,24,31H,15-17H2,1-6H3/t18-,24-/m1/s1. The number of carbonyl (C=O) groups is 1. The predicted molar refractivity (Wildman–Crippen MR) is 161 cm³/mol. The molecule has 0 spiro atoms. The summed E-state index contributed by atoms with van der Waals surface area (Å²) in [6.45, 7) is 8.49. The number of halogens is 1. The van der Waals surface area contributed by atoms with E-state index in [1.54, 1.807) is 47.9 Å². The van der Waals surface area contributed by atoms with Gasteiger partial charge in [0.25, 0.3) is 10.0 Å². The van der Waals surface area contributed by atoms with E-state index >= 15 is 0 Å². The van der Waals surface area contributed by atoms with E-state index in [9.17, 15) is 13.2 Å². The van der Waals surface area contributed by atoms with Crippen LogP contribution in [0.5, 0.6) is 11.5 Å². The zero-order valence-corrected chi connectivity index (χ0v) is 26.3. The van der Waals surface area contributed by atoms with Gasteiger partial charge >= 0.3 is 6.09 Å². The first-order valence-electron chi connectivity index (χ1n) is 13.0. The van der Waals surface area contributed by atoms with E-state index in [0.29, 0.717) is 41.0 Å². The van der Waals surface area contributed by atoms with Crippen LogP contribution in [-0.2, 0) is 21.3 Å². The lowest BCUT2D eigenvalue weighted by Crippen LogP contribution is -2.36. The average Bonchev–Trinajstić information content (AvgIpc) is 3.57. The number of ether oxygens (including phenoxy) is 3. The Morgan fingerprint density at radius 3 is 2.54 bits per heavy atom. The summed E-state index contributed by atoms with van der Waals surface area (Å²) in [5.74, 6) is 1.21. The van der Waals surface area contributed by atoms with Crippen molar-refractivity contribution < 1.29 is 27.4 Å². The number of thiazole rings is 1. The number of likely N-dealkylation sites (tertiary alicyclic amines) is 1. The Labute approximate surface area is 250 Å². The first-order chi connectivity index (χ1) is 19.3. The molecule has 0 aliphatic carbocycles. The third-order valence-corrected chi connectivity index (χ3v) is 9.53. The minimum Gasteiger partial charge on any atom is -0.497 e. The van der Waals surface area contributed by atoms with Gasteiger partial charge in [0.2, 0.25) is 0 Å². The SMILES string of the molecule is COc1ccc(CN(c2nccs2)S(=O)(=O)c2ccc(N[C@@H]3CN(C(=O)OC(C)(C)C)C[C@H]3C)c(Cl)c2)c(OC)c1. The number of hydrogen-bond acceptors (Lipinski definition) is 9. The molecule has 0 unspecified atom stereocenters. The molecule has 13 heteroatoms. The fourth-order valence-corrected chi connectivity index (χ4v) is 7.06. The number of hydrogen-bond donors (Lipinski definition) is 1. The van der Waals surface area contributed by atoms with E-state index in [2.05, 4.69) is 10.3 Å². The Morgan fingerprint density at radius 2 is 1.93 bits per heavy atom. The smallest absolute Gasteiger partial charge is 0.410 e. The van der Waals surface area contributed by atoms with Crippen molar-refractivity contribution >= 4 is 49.9 Å². The van der Waals surface area contributed by atoms with Crippen LogP contribution in [0.25, 0.3) is 0 Å². The molecule has 222 valence electrons. The van der Waals surface area contributed by atoms with Gasteiger partial charge in [-0.05, 0) is 57.0 Å². The van der Waals surface area contributed by atoms with Crippen LogP contribution in [-0.4, -0.2) is 63.3 Å². The highest BCUT2D eigenvalue weighted by Crippen LogP contribution is 2.35. The highest BCUT2D eigenvalue weighted by atomic mass is 35.5. The van der Waals surface area contributed by atoms with Crippen molar-refractivity contribution in [3.05, 3.63) is 58.6 Å². The molecule has 10 nitrogen and oxygen atoms in total. The number of aromatic nitrogens is 1. The normalized spacial score (nSPS) is 17.3. The second-order valence-electron chi connectivity index (χ2n) is 10.8. The molecule has 2 heterocycles. The van der Waals surface area contributed by atoms with E-state index in [1.807, 2.05) is 27.7 Å². The summed E-state index contributed by atoms with van der Waals surface area (Å²) in [5, 5.41) is 5.65. The number of amides is 1. The maximum absolute atomic E-state index is 13.9. The maximum Gasteiger partial charge on any atom is 0.410 e. The Hall–Kier alpha value is -3.22. The van der Waals surface area contributed by atoms with Gasteiger partial charge in [0.15, 0.2) is 5.13 Å². The molecule has 3 aromatic rings. The second kappa shape index (κ2) is 12.3. The summed E-state index contributed by atoms with van der Waals surface area (Å²) in [7, 11) is -0.998. The molecule has 1 aromatic heterocycles. The largest absolute Gasteiger partial charge is 0.497 e. The summed E-state index contributed by atoms with van der Waals surface area (Å²) in [6, 6.07) is 9.71. The van der Waals surface area contributed by atoms with E-state index in [-0.39, 0.29) is 34.5 Å². The molecule has 1 N–H and O–H groups in total. The van der Waals surface area contributed by atoms with Crippen LogP contribution < -0.4 is 19.1 Å². The molecule has 1 amide bonds. The molecule has 1 saturated heterocycles. The Bertz CT molecular complexity index is 1480. The molecule has 41 heavy (non-hydrogen) atoms. The average molecular weight is 623 g/mol. The van der Waals surface area contributed by atoms with Crippen LogP contribution in [0.4, 0.5) is 15.6 Å². The first-order valence-corrected chi connectivity index (χ1v) is 15.7. The topological polar surface area (TPSA) is 110 Å². The lowest BCUT2D eigenvalue weighted by atomic mass is 10.1.